The molecule has 0 fully saturated rings. The van der Waals surface area contributed by atoms with Gasteiger partial charge in [0.05, 0.1) is 11.0 Å². The Hall–Kier alpha value is -8.20. The summed E-state index contributed by atoms with van der Waals surface area (Å²) in [5.41, 5.74) is 14.1. The molecular weight excluding hydrogens is 749 g/mol. The van der Waals surface area contributed by atoms with Gasteiger partial charge in [0.25, 0.3) is 0 Å². The van der Waals surface area contributed by atoms with Gasteiger partial charge in [0.15, 0.2) is 0 Å². The second kappa shape index (κ2) is 14.8. The van der Waals surface area contributed by atoms with Crippen LogP contribution in [0.25, 0.3) is 93.2 Å². The minimum atomic E-state index is 1.09. The summed E-state index contributed by atoms with van der Waals surface area (Å²) >= 11 is 0. The van der Waals surface area contributed by atoms with Gasteiger partial charge in [-0.1, -0.05) is 182 Å². The Balaban J connectivity index is 0.958. The molecule has 2 heteroatoms. The van der Waals surface area contributed by atoms with Gasteiger partial charge in [-0.3, -0.25) is 0 Å². The molecule has 2 nitrogen and oxygen atoms in total. The number of hydrogen-bond acceptors (Lipinski definition) is 1. The van der Waals surface area contributed by atoms with Crippen LogP contribution in [0.1, 0.15) is 0 Å². The van der Waals surface area contributed by atoms with Gasteiger partial charge in [0.1, 0.15) is 0 Å². The van der Waals surface area contributed by atoms with Gasteiger partial charge >= 0.3 is 0 Å². The summed E-state index contributed by atoms with van der Waals surface area (Å²) in [4.78, 5) is 2.38. The lowest BCUT2D eigenvalue weighted by molar-refractivity contribution is 1.18. The van der Waals surface area contributed by atoms with Crippen molar-refractivity contribution in [1.29, 1.82) is 0 Å². The summed E-state index contributed by atoms with van der Waals surface area (Å²) in [7, 11) is 0. The SMILES string of the molecule is c1ccc(-c2cccc3cccc(-c4ccc(N(c5ccc(-c6cccc(-n7c8ccccc8c8ccccc87)c6)cc5)c5ccc6c(ccc7ccccc76)c5)cc4)c23)cc1. The molecule has 12 rings (SSSR count). The van der Waals surface area contributed by atoms with Gasteiger partial charge in [-0.25, -0.2) is 0 Å². The minimum absolute atomic E-state index is 1.09. The maximum absolute atomic E-state index is 2.39. The molecular formula is C60H40N2. The zero-order valence-corrected chi connectivity index (χ0v) is 34.0. The largest absolute Gasteiger partial charge is 0.310 e. The van der Waals surface area contributed by atoms with E-state index in [0.717, 1.165) is 22.7 Å². The molecule has 0 saturated carbocycles. The number of rotatable bonds is 7. The first kappa shape index (κ1) is 35.7. The molecule has 0 saturated heterocycles. The van der Waals surface area contributed by atoms with E-state index in [0.29, 0.717) is 0 Å². The van der Waals surface area contributed by atoms with Crippen LogP contribution in [0.2, 0.25) is 0 Å². The predicted octanol–water partition coefficient (Wildman–Crippen LogP) is 16.7. The fourth-order valence-corrected chi connectivity index (χ4v) is 9.64. The number of aromatic nitrogens is 1. The number of anilines is 3. The summed E-state index contributed by atoms with van der Waals surface area (Å²) in [6, 6.07) is 88.4. The van der Waals surface area contributed by atoms with E-state index in [9.17, 15) is 0 Å². The van der Waals surface area contributed by atoms with E-state index >= 15 is 0 Å². The highest BCUT2D eigenvalue weighted by Crippen LogP contribution is 2.42. The van der Waals surface area contributed by atoms with Gasteiger partial charge in [0.2, 0.25) is 0 Å². The zero-order valence-electron chi connectivity index (χ0n) is 34.0. The molecule has 290 valence electrons. The molecule has 0 aliphatic rings. The van der Waals surface area contributed by atoms with Crippen molar-refractivity contribution in [2.75, 3.05) is 4.90 Å². The van der Waals surface area contributed by atoms with Crippen LogP contribution in [0, 0.1) is 0 Å². The highest BCUT2D eigenvalue weighted by molar-refractivity contribution is 6.10. The fraction of sp³-hybridized carbons (Fsp3) is 0. The molecule has 0 spiro atoms. The van der Waals surface area contributed by atoms with E-state index in [2.05, 4.69) is 252 Å². The number of nitrogens with zero attached hydrogens (tertiary/aromatic N) is 2. The van der Waals surface area contributed by atoms with Crippen LogP contribution >= 0.6 is 0 Å². The first-order valence-corrected chi connectivity index (χ1v) is 21.3. The lowest BCUT2D eigenvalue weighted by Crippen LogP contribution is -2.09. The lowest BCUT2D eigenvalue weighted by Gasteiger charge is -2.26. The summed E-state index contributed by atoms with van der Waals surface area (Å²) in [6.07, 6.45) is 0. The number of benzene rings is 11. The normalized spacial score (nSPS) is 11.5. The lowest BCUT2D eigenvalue weighted by atomic mass is 9.91. The number of hydrogen-bond donors (Lipinski definition) is 0. The molecule has 0 amide bonds. The van der Waals surface area contributed by atoms with Crippen molar-refractivity contribution < 1.29 is 0 Å². The molecule has 0 N–H and O–H groups in total. The van der Waals surface area contributed by atoms with Crippen molar-refractivity contribution >= 4 is 71.2 Å². The highest BCUT2D eigenvalue weighted by atomic mass is 15.1. The number of para-hydroxylation sites is 2. The van der Waals surface area contributed by atoms with Crippen LogP contribution < -0.4 is 4.90 Å². The summed E-state index contributed by atoms with van der Waals surface area (Å²) in [5.74, 6) is 0. The van der Waals surface area contributed by atoms with E-state index in [4.69, 9.17) is 0 Å². The number of fused-ring (bicyclic) bond motifs is 7. The Morgan fingerprint density at radius 2 is 0.774 bits per heavy atom. The van der Waals surface area contributed by atoms with Gasteiger partial charge in [-0.15, -0.1) is 0 Å². The molecule has 0 bridgehead atoms. The van der Waals surface area contributed by atoms with Crippen molar-refractivity contribution in [2.24, 2.45) is 0 Å². The molecule has 0 unspecified atom stereocenters. The highest BCUT2D eigenvalue weighted by Gasteiger charge is 2.17. The van der Waals surface area contributed by atoms with Gasteiger partial charge < -0.3 is 9.47 Å². The van der Waals surface area contributed by atoms with Crippen molar-refractivity contribution in [3.63, 3.8) is 0 Å². The first-order chi connectivity index (χ1) is 30.7. The second-order valence-electron chi connectivity index (χ2n) is 16.1. The van der Waals surface area contributed by atoms with E-state index in [-0.39, 0.29) is 0 Å². The Labute approximate surface area is 360 Å². The molecule has 12 aromatic rings. The average Bonchev–Trinajstić information content (AvgIpc) is 3.69. The van der Waals surface area contributed by atoms with E-state index in [1.807, 2.05) is 0 Å². The Kier molecular flexibility index (Phi) is 8.53. The third-order valence-electron chi connectivity index (χ3n) is 12.6. The molecule has 62 heavy (non-hydrogen) atoms. The van der Waals surface area contributed by atoms with Crippen LogP contribution in [-0.4, -0.2) is 4.57 Å². The van der Waals surface area contributed by atoms with Crippen LogP contribution in [0.5, 0.6) is 0 Å². The molecule has 0 radical (unpaired) electrons. The molecule has 1 heterocycles. The van der Waals surface area contributed by atoms with E-state index in [1.54, 1.807) is 0 Å². The van der Waals surface area contributed by atoms with E-state index in [1.165, 1.54) is 87.5 Å². The standard InChI is InChI=1S/C60H40N2/c1-2-13-42(14-3-1)54-23-11-16-45-17-12-24-55(60(45)54)44-31-35-49(36-32-44)61(51-37-38-53-47(40-51)28-27-43-15-4-5-20-52(43)53)48-33-29-41(30-34-48)46-18-10-19-50(39-46)62-58-25-8-6-21-56(58)57-22-7-9-26-59(57)62/h1-40H. The van der Waals surface area contributed by atoms with Crippen molar-refractivity contribution in [3.05, 3.63) is 243 Å². The predicted molar refractivity (Wildman–Crippen MR) is 264 cm³/mol. The minimum Gasteiger partial charge on any atom is -0.310 e. The van der Waals surface area contributed by atoms with E-state index < -0.39 is 0 Å². The molecule has 0 aliphatic carbocycles. The van der Waals surface area contributed by atoms with Crippen LogP contribution in [0.15, 0.2) is 243 Å². The van der Waals surface area contributed by atoms with Crippen LogP contribution in [0.4, 0.5) is 17.1 Å². The third-order valence-corrected chi connectivity index (χ3v) is 12.6. The molecule has 0 atom stereocenters. The monoisotopic (exact) mass is 788 g/mol. The zero-order chi connectivity index (χ0) is 41.0. The van der Waals surface area contributed by atoms with Crippen LogP contribution in [0.3, 0.4) is 0 Å². The summed E-state index contributed by atoms with van der Waals surface area (Å²) in [5, 5.41) is 10.0. The second-order valence-corrected chi connectivity index (χ2v) is 16.1. The van der Waals surface area contributed by atoms with Gasteiger partial charge in [-0.2, -0.15) is 0 Å². The Bertz CT molecular complexity index is 3560. The van der Waals surface area contributed by atoms with Crippen LogP contribution in [-0.2, 0) is 0 Å². The smallest absolute Gasteiger partial charge is 0.0541 e. The third kappa shape index (κ3) is 6.04. The summed E-state index contributed by atoms with van der Waals surface area (Å²) < 4.78 is 2.39. The molecule has 1 aromatic heterocycles. The van der Waals surface area contributed by atoms with Crippen molar-refractivity contribution in [1.82, 2.24) is 4.57 Å². The first-order valence-electron chi connectivity index (χ1n) is 21.3. The summed E-state index contributed by atoms with van der Waals surface area (Å²) in [6.45, 7) is 0. The average molecular weight is 789 g/mol. The van der Waals surface area contributed by atoms with Gasteiger partial charge in [0, 0.05) is 33.5 Å². The Morgan fingerprint density at radius 3 is 1.47 bits per heavy atom. The molecule has 11 aromatic carbocycles. The Morgan fingerprint density at radius 1 is 0.274 bits per heavy atom. The quantitative estimate of drug-likeness (QED) is 0.146. The topological polar surface area (TPSA) is 8.17 Å². The van der Waals surface area contributed by atoms with Crippen molar-refractivity contribution in [3.8, 4) is 39.1 Å². The van der Waals surface area contributed by atoms with Crippen molar-refractivity contribution in [2.45, 2.75) is 0 Å². The molecule has 0 aliphatic heterocycles. The maximum atomic E-state index is 2.39. The van der Waals surface area contributed by atoms with Gasteiger partial charge in [-0.05, 0) is 126 Å². The maximum Gasteiger partial charge on any atom is 0.0541 e. The fourth-order valence-electron chi connectivity index (χ4n) is 9.64.